The van der Waals surface area contributed by atoms with Crippen molar-refractivity contribution in [2.75, 3.05) is 19.8 Å². The maximum atomic E-state index is 13.1. The smallest absolute Gasteiger partial charge is 0.258 e. The summed E-state index contributed by atoms with van der Waals surface area (Å²) in [4.78, 5) is 23.8. The van der Waals surface area contributed by atoms with E-state index in [1.807, 2.05) is 0 Å². The number of hydrogen-bond acceptors (Lipinski definition) is 5. The molecule has 0 aliphatic carbocycles. The van der Waals surface area contributed by atoms with Gasteiger partial charge in [-0.3, -0.25) is 9.59 Å². The molecule has 2 amide bonds. The molecule has 0 saturated carbocycles. The molecule has 2 rings (SSSR count). The first-order valence-electron chi connectivity index (χ1n) is 9.59. The van der Waals surface area contributed by atoms with Gasteiger partial charge in [-0.1, -0.05) is 6.08 Å². The molecule has 7 nitrogen and oxygen atoms in total. The minimum atomic E-state index is -1.10. The maximum absolute atomic E-state index is 13.1. The third-order valence-electron chi connectivity index (χ3n) is 4.14. The predicted molar refractivity (Wildman–Crippen MR) is 110 cm³/mol. The van der Waals surface area contributed by atoms with Gasteiger partial charge in [0.25, 0.3) is 11.8 Å². The highest BCUT2D eigenvalue weighted by Crippen LogP contribution is 2.15. The lowest BCUT2D eigenvalue weighted by molar-refractivity contribution is -0.124. The average Bonchev–Trinajstić information content (AvgIpc) is 2.77. The van der Waals surface area contributed by atoms with E-state index >= 15 is 0 Å². The van der Waals surface area contributed by atoms with Gasteiger partial charge in [0.05, 0.1) is 6.10 Å². The van der Waals surface area contributed by atoms with E-state index in [1.54, 1.807) is 0 Å². The van der Waals surface area contributed by atoms with E-state index in [1.165, 1.54) is 36.4 Å². The van der Waals surface area contributed by atoms with Gasteiger partial charge in [0.1, 0.15) is 17.3 Å². The fourth-order valence-electron chi connectivity index (χ4n) is 2.52. The zero-order chi connectivity index (χ0) is 23.5. The van der Waals surface area contributed by atoms with Crippen LogP contribution in [-0.4, -0.2) is 48.8 Å². The highest BCUT2D eigenvalue weighted by molar-refractivity contribution is 5.78. The van der Waals surface area contributed by atoms with Crippen LogP contribution in [0.4, 0.5) is 13.2 Å². The number of nitrogens with one attached hydrogen (secondary N) is 2. The number of rotatable bonds is 12. The van der Waals surface area contributed by atoms with Gasteiger partial charge in [0.15, 0.2) is 24.8 Å². The Morgan fingerprint density at radius 3 is 2.25 bits per heavy atom. The van der Waals surface area contributed by atoms with E-state index in [4.69, 9.17) is 9.47 Å². The largest absolute Gasteiger partial charge is 0.484 e. The molecule has 0 radical (unpaired) electrons. The van der Waals surface area contributed by atoms with Gasteiger partial charge in [-0.2, -0.15) is 0 Å². The topological polar surface area (TPSA) is 96.9 Å². The molecular weight excluding hydrogens is 429 g/mol. The molecule has 0 aliphatic rings. The number of ether oxygens (including phenoxy) is 2. The summed E-state index contributed by atoms with van der Waals surface area (Å²) in [5, 5.41) is 15.1. The molecule has 0 bridgehead atoms. The monoisotopic (exact) mass is 452 g/mol. The van der Waals surface area contributed by atoms with Crippen molar-refractivity contribution < 1.29 is 37.3 Å². The summed E-state index contributed by atoms with van der Waals surface area (Å²) in [5.74, 6) is -3.31. The molecular formula is C22H23F3N2O5. The lowest BCUT2D eigenvalue weighted by Gasteiger charge is -2.19. The SMILES string of the molecule is C=CC(C[C@H](O)CNC(=O)COc1ccc(F)c(F)c1)NC(=O)COc1ccc(F)cc1. The van der Waals surface area contributed by atoms with Crippen LogP contribution in [0.25, 0.3) is 0 Å². The first-order valence-corrected chi connectivity index (χ1v) is 9.59. The molecule has 2 aromatic carbocycles. The van der Waals surface area contributed by atoms with Crippen LogP contribution in [0.2, 0.25) is 0 Å². The average molecular weight is 452 g/mol. The van der Waals surface area contributed by atoms with Crippen LogP contribution in [0.5, 0.6) is 11.5 Å². The van der Waals surface area contributed by atoms with Crippen LogP contribution >= 0.6 is 0 Å². The zero-order valence-corrected chi connectivity index (χ0v) is 17.0. The van der Waals surface area contributed by atoms with Crippen LogP contribution in [0.1, 0.15) is 6.42 Å². The Balaban J connectivity index is 1.67. The lowest BCUT2D eigenvalue weighted by Crippen LogP contribution is -2.42. The van der Waals surface area contributed by atoms with E-state index < -0.39 is 48.0 Å². The van der Waals surface area contributed by atoms with Gasteiger partial charge < -0.3 is 25.2 Å². The first kappa shape index (κ1) is 24.7. The van der Waals surface area contributed by atoms with E-state index in [9.17, 15) is 27.9 Å². The van der Waals surface area contributed by atoms with Gasteiger partial charge in [-0.05, 0) is 42.8 Å². The third-order valence-corrected chi connectivity index (χ3v) is 4.14. The molecule has 3 N–H and O–H groups in total. The Hall–Kier alpha value is -3.53. The van der Waals surface area contributed by atoms with Crippen molar-refractivity contribution >= 4 is 11.8 Å². The van der Waals surface area contributed by atoms with Crippen molar-refractivity contribution in [1.82, 2.24) is 10.6 Å². The highest BCUT2D eigenvalue weighted by atomic mass is 19.2. The summed E-state index contributed by atoms with van der Waals surface area (Å²) in [6.07, 6.45) is 0.479. The number of hydrogen-bond donors (Lipinski definition) is 3. The van der Waals surface area contributed by atoms with Gasteiger partial charge in [0.2, 0.25) is 0 Å². The molecule has 0 spiro atoms. The standard InChI is InChI=1S/C22H23F3N2O5/c1-2-15(27-22(30)13-31-17-5-3-14(23)4-6-17)9-16(28)11-26-21(29)12-32-18-7-8-19(24)20(25)10-18/h2-8,10,15-16,28H,1,9,11-13H2,(H,26,29)(H,27,30)/t15?,16-/m0/s1. The number of carbonyl (C=O) groups is 2. The molecule has 0 fully saturated rings. The van der Waals surface area contributed by atoms with E-state index in [-0.39, 0.29) is 25.3 Å². The molecule has 32 heavy (non-hydrogen) atoms. The van der Waals surface area contributed by atoms with Crippen LogP contribution in [0.3, 0.4) is 0 Å². The number of benzene rings is 2. The summed E-state index contributed by atoms with van der Waals surface area (Å²) >= 11 is 0. The molecule has 0 saturated heterocycles. The van der Waals surface area contributed by atoms with Gasteiger partial charge in [0, 0.05) is 18.7 Å². The Kier molecular flexibility index (Phi) is 9.55. The predicted octanol–water partition coefficient (Wildman–Crippen LogP) is 2.10. The Bertz CT molecular complexity index is 924. The molecule has 0 aliphatic heterocycles. The molecule has 2 aromatic rings. The molecule has 1 unspecified atom stereocenters. The van der Waals surface area contributed by atoms with E-state index in [0.29, 0.717) is 5.75 Å². The fraction of sp³-hybridized carbons (Fsp3) is 0.273. The number of aliphatic hydroxyl groups is 1. The Labute approximate surface area is 182 Å². The summed E-state index contributed by atoms with van der Waals surface area (Å²) < 4.78 is 49.1. The van der Waals surface area contributed by atoms with E-state index in [2.05, 4.69) is 17.2 Å². The van der Waals surface area contributed by atoms with Crippen molar-refractivity contribution in [2.24, 2.45) is 0 Å². The van der Waals surface area contributed by atoms with Crippen LogP contribution in [0, 0.1) is 17.5 Å². The van der Waals surface area contributed by atoms with Gasteiger partial charge in [-0.25, -0.2) is 13.2 Å². The zero-order valence-electron chi connectivity index (χ0n) is 17.0. The highest BCUT2D eigenvalue weighted by Gasteiger charge is 2.16. The number of halogens is 3. The van der Waals surface area contributed by atoms with Gasteiger partial charge in [-0.15, -0.1) is 6.58 Å². The fourth-order valence-corrected chi connectivity index (χ4v) is 2.52. The second-order valence-corrected chi connectivity index (χ2v) is 6.71. The molecule has 0 heterocycles. The van der Waals surface area contributed by atoms with Crippen molar-refractivity contribution in [3.05, 3.63) is 72.6 Å². The van der Waals surface area contributed by atoms with Crippen LogP contribution in [0.15, 0.2) is 55.1 Å². The van der Waals surface area contributed by atoms with Crippen molar-refractivity contribution in [2.45, 2.75) is 18.6 Å². The normalized spacial score (nSPS) is 12.4. The van der Waals surface area contributed by atoms with Gasteiger partial charge >= 0.3 is 0 Å². The quantitative estimate of drug-likeness (QED) is 0.429. The lowest BCUT2D eigenvalue weighted by atomic mass is 10.1. The second kappa shape index (κ2) is 12.4. The van der Waals surface area contributed by atoms with Crippen molar-refractivity contribution in [1.29, 1.82) is 0 Å². The molecule has 10 heteroatoms. The summed E-state index contributed by atoms with van der Waals surface area (Å²) in [7, 11) is 0. The Morgan fingerprint density at radius 1 is 0.969 bits per heavy atom. The molecule has 2 atom stereocenters. The molecule has 0 aromatic heterocycles. The van der Waals surface area contributed by atoms with Crippen molar-refractivity contribution in [3.8, 4) is 11.5 Å². The van der Waals surface area contributed by atoms with E-state index in [0.717, 1.165) is 12.1 Å². The van der Waals surface area contributed by atoms with Crippen LogP contribution in [-0.2, 0) is 9.59 Å². The van der Waals surface area contributed by atoms with Crippen molar-refractivity contribution in [3.63, 3.8) is 0 Å². The first-order chi connectivity index (χ1) is 15.3. The minimum absolute atomic E-state index is 0.0168. The molecule has 172 valence electrons. The maximum Gasteiger partial charge on any atom is 0.258 e. The Morgan fingerprint density at radius 2 is 1.59 bits per heavy atom. The number of amides is 2. The number of carbonyl (C=O) groups excluding carboxylic acids is 2. The summed E-state index contributed by atoms with van der Waals surface area (Å²) in [5.41, 5.74) is 0. The second-order valence-electron chi connectivity index (χ2n) is 6.71. The summed E-state index contributed by atoms with van der Waals surface area (Å²) in [6, 6.07) is 7.45. The minimum Gasteiger partial charge on any atom is -0.484 e. The van der Waals surface area contributed by atoms with Crippen LogP contribution < -0.4 is 20.1 Å². The number of aliphatic hydroxyl groups excluding tert-OH is 1. The third kappa shape index (κ3) is 8.68. The summed E-state index contributed by atoms with van der Waals surface area (Å²) in [6.45, 7) is 2.69.